The average molecular weight is 207 g/mol. The number of aryl methyl sites for hydroxylation is 1. The van der Waals surface area contributed by atoms with Crippen molar-refractivity contribution in [2.24, 2.45) is 0 Å². The Hall–Kier alpha value is -1.42. The highest BCUT2D eigenvalue weighted by Gasteiger charge is 2.07. The molecule has 72 valence electrons. The minimum absolute atomic E-state index is 0.169. The van der Waals surface area contributed by atoms with Crippen LogP contribution in [0.25, 0.3) is 10.1 Å². The van der Waals surface area contributed by atoms with E-state index < -0.39 is 0 Å². The number of fused-ring (bicyclic) bond motifs is 1. The monoisotopic (exact) mass is 207 g/mol. The van der Waals surface area contributed by atoms with Crippen LogP contribution in [0.3, 0.4) is 0 Å². The van der Waals surface area contributed by atoms with Gasteiger partial charge < -0.3 is 0 Å². The quantitative estimate of drug-likeness (QED) is 0.559. The van der Waals surface area contributed by atoms with Gasteiger partial charge in [0.25, 0.3) is 5.69 Å². The highest BCUT2D eigenvalue weighted by Crippen LogP contribution is 2.29. The Morgan fingerprint density at radius 1 is 1.43 bits per heavy atom. The summed E-state index contributed by atoms with van der Waals surface area (Å²) in [7, 11) is 0. The first kappa shape index (κ1) is 9.15. The van der Waals surface area contributed by atoms with Crippen LogP contribution >= 0.6 is 11.3 Å². The zero-order chi connectivity index (χ0) is 10.1. The van der Waals surface area contributed by atoms with E-state index in [9.17, 15) is 10.1 Å². The van der Waals surface area contributed by atoms with Crippen molar-refractivity contribution in [1.82, 2.24) is 0 Å². The number of nitrogens with zero attached hydrogens (tertiary/aromatic N) is 1. The molecular weight excluding hydrogens is 198 g/mol. The van der Waals surface area contributed by atoms with E-state index in [-0.39, 0.29) is 10.6 Å². The van der Waals surface area contributed by atoms with Gasteiger partial charge in [-0.15, -0.1) is 11.3 Å². The molecule has 1 aromatic heterocycles. The Bertz CT molecular complexity index is 490. The van der Waals surface area contributed by atoms with Crippen molar-refractivity contribution in [2.75, 3.05) is 0 Å². The summed E-state index contributed by atoms with van der Waals surface area (Å²) in [6.45, 7) is 2.08. The summed E-state index contributed by atoms with van der Waals surface area (Å²) in [5.74, 6) is 0. The van der Waals surface area contributed by atoms with Gasteiger partial charge in [0.05, 0.1) is 4.92 Å². The number of rotatable bonds is 2. The summed E-state index contributed by atoms with van der Waals surface area (Å²) < 4.78 is 0.996. The lowest BCUT2D eigenvalue weighted by atomic mass is 10.2. The van der Waals surface area contributed by atoms with Crippen molar-refractivity contribution in [3.8, 4) is 0 Å². The van der Waals surface area contributed by atoms with E-state index in [4.69, 9.17) is 0 Å². The Balaban J connectivity index is 2.59. The molecule has 0 aliphatic carbocycles. The third-order valence-corrected chi connectivity index (χ3v) is 3.36. The first-order valence-electron chi connectivity index (χ1n) is 4.37. The zero-order valence-electron chi connectivity index (χ0n) is 7.69. The lowest BCUT2D eigenvalue weighted by Gasteiger charge is -1.90. The van der Waals surface area contributed by atoms with E-state index in [1.807, 2.05) is 6.07 Å². The first-order chi connectivity index (χ1) is 6.70. The van der Waals surface area contributed by atoms with Gasteiger partial charge in [-0.1, -0.05) is 6.92 Å². The fraction of sp³-hybridized carbons (Fsp3) is 0.200. The van der Waals surface area contributed by atoms with Crippen LogP contribution in [0, 0.1) is 10.1 Å². The molecule has 2 aromatic rings. The second-order valence-electron chi connectivity index (χ2n) is 3.05. The minimum atomic E-state index is -0.356. The van der Waals surface area contributed by atoms with Crippen LogP contribution in [-0.4, -0.2) is 4.92 Å². The molecule has 0 aliphatic heterocycles. The molecule has 14 heavy (non-hydrogen) atoms. The summed E-state index contributed by atoms with van der Waals surface area (Å²) in [6, 6.07) is 7.08. The van der Waals surface area contributed by atoms with Gasteiger partial charge in [0.1, 0.15) is 0 Å². The molecule has 0 radical (unpaired) electrons. The number of thiophene rings is 1. The largest absolute Gasteiger partial charge is 0.270 e. The number of hydrogen-bond acceptors (Lipinski definition) is 3. The van der Waals surface area contributed by atoms with Gasteiger partial charge in [-0.05, 0) is 23.9 Å². The second-order valence-corrected chi connectivity index (χ2v) is 4.21. The Morgan fingerprint density at radius 2 is 2.21 bits per heavy atom. The molecule has 4 heteroatoms. The molecule has 0 amide bonds. The van der Waals surface area contributed by atoms with Crippen molar-refractivity contribution in [2.45, 2.75) is 13.3 Å². The molecule has 2 rings (SSSR count). The number of benzene rings is 1. The van der Waals surface area contributed by atoms with Crippen LogP contribution in [0.2, 0.25) is 0 Å². The van der Waals surface area contributed by atoms with Crippen molar-refractivity contribution in [3.63, 3.8) is 0 Å². The molecule has 0 N–H and O–H groups in total. The van der Waals surface area contributed by atoms with E-state index in [0.29, 0.717) is 0 Å². The third kappa shape index (κ3) is 1.48. The number of hydrogen-bond donors (Lipinski definition) is 0. The van der Waals surface area contributed by atoms with E-state index in [1.165, 1.54) is 4.88 Å². The molecule has 0 fully saturated rings. The van der Waals surface area contributed by atoms with E-state index in [1.54, 1.807) is 23.5 Å². The van der Waals surface area contributed by atoms with Crippen LogP contribution in [-0.2, 0) is 6.42 Å². The molecule has 1 aromatic carbocycles. The second kappa shape index (κ2) is 3.38. The van der Waals surface area contributed by atoms with Gasteiger partial charge in [0, 0.05) is 21.7 Å². The van der Waals surface area contributed by atoms with E-state index in [0.717, 1.165) is 16.5 Å². The van der Waals surface area contributed by atoms with Crippen LogP contribution in [0.1, 0.15) is 11.8 Å². The fourth-order valence-electron chi connectivity index (χ4n) is 1.36. The topological polar surface area (TPSA) is 43.1 Å². The first-order valence-corrected chi connectivity index (χ1v) is 5.19. The van der Waals surface area contributed by atoms with Crippen LogP contribution in [0.15, 0.2) is 24.3 Å². The summed E-state index contributed by atoms with van der Waals surface area (Å²) in [5, 5.41) is 11.6. The molecule has 0 aliphatic rings. The predicted octanol–water partition coefficient (Wildman–Crippen LogP) is 3.37. The van der Waals surface area contributed by atoms with Gasteiger partial charge in [0.2, 0.25) is 0 Å². The van der Waals surface area contributed by atoms with Crippen molar-refractivity contribution >= 4 is 27.1 Å². The normalized spacial score (nSPS) is 10.6. The highest BCUT2D eigenvalue weighted by atomic mass is 32.1. The summed E-state index contributed by atoms with van der Waals surface area (Å²) >= 11 is 1.62. The van der Waals surface area contributed by atoms with E-state index >= 15 is 0 Å². The number of non-ortho nitro benzene ring substituents is 1. The van der Waals surface area contributed by atoms with Gasteiger partial charge in [-0.25, -0.2) is 0 Å². The maximum absolute atomic E-state index is 10.5. The smallest absolute Gasteiger partial charge is 0.258 e. The van der Waals surface area contributed by atoms with Gasteiger partial charge in [-0.2, -0.15) is 0 Å². The van der Waals surface area contributed by atoms with Gasteiger partial charge in [-0.3, -0.25) is 10.1 Å². The molecule has 0 saturated carbocycles. The molecule has 3 nitrogen and oxygen atoms in total. The molecule has 0 spiro atoms. The number of nitro groups is 1. The zero-order valence-corrected chi connectivity index (χ0v) is 8.50. The van der Waals surface area contributed by atoms with Crippen LogP contribution < -0.4 is 0 Å². The molecule has 1 heterocycles. The minimum Gasteiger partial charge on any atom is -0.258 e. The standard InChI is InChI=1S/C10H9NO2S/c1-2-9-5-7-3-4-8(11(12)13)6-10(7)14-9/h3-6H,2H2,1H3. The van der Waals surface area contributed by atoms with Crippen LogP contribution in [0.5, 0.6) is 0 Å². The molecule has 0 saturated heterocycles. The maximum atomic E-state index is 10.5. The van der Waals surface area contributed by atoms with Crippen molar-refractivity contribution in [3.05, 3.63) is 39.3 Å². The Kier molecular flexibility index (Phi) is 2.21. The van der Waals surface area contributed by atoms with Crippen molar-refractivity contribution < 1.29 is 4.92 Å². The predicted molar refractivity (Wildman–Crippen MR) is 57.9 cm³/mol. The molecule has 0 bridgehead atoms. The summed E-state index contributed by atoms with van der Waals surface area (Å²) in [5.41, 5.74) is 0.169. The third-order valence-electron chi connectivity index (χ3n) is 2.11. The highest BCUT2D eigenvalue weighted by molar-refractivity contribution is 7.19. The summed E-state index contributed by atoms with van der Waals surface area (Å²) in [4.78, 5) is 11.4. The Labute approximate surface area is 85.1 Å². The lowest BCUT2D eigenvalue weighted by molar-refractivity contribution is -0.384. The molecular formula is C10H9NO2S. The summed E-state index contributed by atoms with van der Waals surface area (Å²) in [6.07, 6.45) is 0.979. The average Bonchev–Trinajstić information content (AvgIpc) is 2.58. The maximum Gasteiger partial charge on any atom is 0.270 e. The van der Waals surface area contributed by atoms with Gasteiger partial charge in [0.15, 0.2) is 0 Å². The SMILES string of the molecule is CCc1cc2ccc([N+](=O)[O-])cc2s1. The van der Waals surface area contributed by atoms with Gasteiger partial charge >= 0.3 is 0 Å². The molecule has 0 unspecified atom stereocenters. The molecule has 0 atom stereocenters. The lowest BCUT2D eigenvalue weighted by Crippen LogP contribution is -1.85. The van der Waals surface area contributed by atoms with Crippen molar-refractivity contribution in [1.29, 1.82) is 0 Å². The fourth-order valence-corrected chi connectivity index (χ4v) is 2.40. The van der Waals surface area contributed by atoms with E-state index in [2.05, 4.69) is 13.0 Å². The Morgan fingerprint density at radius 3 is 2.86 bits per heavy atom. The van der Waals surface area contributed by atoms with Crippen LogP contribution in [0.4, 0.5) is 5.69 Å². The number of nitro benzene ring substituents is 1.